The SMILES string of the molecule is Cc1ccc(C2C3=C(CCCC3=O)Nc3c(C(=O)Nc4ccccc4)cnn32)cc1. The molecule has 1 aliphatic heterocycles. The first-order chi connectivity index (χ1) is 14.6. The fourth-order valence-electron chi connectivity index (χ4n) is 4.20. The number of para-hydroxylation sites is 1. The van der Waals surface area contributed by atoms with Gasteiger partial charge in [0, 0.05) is 23.4 Å². The molecule has 0 fully saturated rings. The van der Waals surface area contributed by atoms with Gasteiger partial charge in [-0.3, -0.25) is 9.59 Å². The number of anilines is 2. The van der Waals surface area contributed by atoms with Crippen molar-refractivity contribution in [2.45, 2.75) is 32.2 Å². The third-order valence-electron chi connectivity index (χ3n) is 5.71. The van der Waals surface area contributed by atoms with Gasteiger partial charge in [0.1, 0.15) is 17.4 Å². The van der Waals surface area contributed by atoms with Crippen LogP contribution in [0.25, 0.3) is 0 Å². The van der Waals surface area contributed by atoms with Crippen LogP contribution in [0.3, 0.4) is 0 Å². The van der Waals surface area contributed by atoms with Crippen molar-refractivity contribution in [1.82, 2.24) is 9.78 Å². The van der Waals surface area contributed by atoms with Crippen molar-refractivity contribution in [2.24, 2.45) is 0 Å². The highest BCUT2D eigenvalue weighted by Gasteiger charge is 2.37. The van der Waals surface area contributed by atoms with E-state index in [0.717, 1.165) is 40.9 Å². The lowest BCUT2D eigenvalue weighted by Gasteiger charge is -2.33. The number of allylic oxidation sites excluding steroid dienone is 2. The van der Waals surface area contributed by atoms with Crippen molar-refractivity contribution >= 4 is 23.2 Å². The molecule has 0 radical (unpaired) electrons. The summed E-state index contributed by atoms with van der Waals surface area (Å²) < 4.78 is 1.77. The molecular formula is C24H22N4O2. The number of amides is 1. The lowest BCUT2D eigenvalue weighted by molar-refractivity contribution is -0.116. The van der Waals surface area contributed by atoms with E-state index >= 15 is 0 Å². The first-order valence-corrected chi connectivity index (χ1v) is 10.2. The minimum absolute atomic E-state index is 0.144. The Morgan fingerprint density at radius 3 is 2.63 bits per heavy atom. The number of fused-ring (bicyclic) bond motifs is 1. The van der Waals surface area contributed by atoms with E-state index in [2.05, 4.69) is 15.7 Å². The summed E-state index contributed by atoms with van der Waals surface area (Å²) in [6.07, 6.45) is 3.71. The van der Waals surface area contributed by atoms with Crippen LogP contribution in [0.5, 0.6) is 0 Å². The van der Waals surface area contributed by atoms with Gasteiger partial charge >= 0.3 is 0 Å². The number of benzene rings is 2. The smallest absolute Gasteiger partial charge is 0.261 e. The molecule has 5 rings (SSSR count). The quantitative estimate of drug-likeness (QED) is 0.683. The first-order valence-electron chi connectivity index (χ1n) is 10.2. The lowest BCUT2D eigenvalue weighted by atomic mass is 9.85. The Morgan fingerprint density at radius 2 is 1.87 bits per heavy atom. The second-order valence-electron chi connectivity index (χ2n) is 7.78. The highest BCUT2D eigenvalue weighted by molar-refractivity contribution is 6.08. The lowest BCUT2D eigenvalue weighted by Crippen LogP contribution is -2.32. The molecule has 0 saturated heterocycles. The molecule has 3 aromatic rings. The fraction of sp³-hybridized carbons (Fsp3) is 0.208. The van der Waals surface area contributed by atoms with E-state index in [9.17, 15) is 9.59 Å². The number of carbonyl (C=O) groups is 2. The van der Waals surface area contributed by atoms with E-state index in [0.29, 0.717) is 17.8 Å². The molecule has 1 atom stereocenters. The summed E-state index contributed by atoms with van der Waals surface area (Å²) in [6.45, 7) is 2.04. The van der Waals surface area contributed by atoms with Gasteiger partial charge in [-0.2, -0.15) is 5.10 Å². The zero-order chi connectivity index (χ0) is 20.7. The van der Waals surface area contributed by atoms with E-state index in [4.69, 9.17) is 0 Å². The summed E-state index contributed by atoms with van der Waals surface area (Å²) in [5, 5.41) is 10.8. The van der Waals surface area contributed by atoms with Crippen LogP contribution in [-0.2, 0) is 4.79 Å². The number of nitrogens with zero attached hydrogens (tertiary/aromatic N) is 2. The molecule has 1 unspecified atom stereocenters. The summed E-state index contributed by atoms with van der Waals surface area (Å²) in [7, 11) is 0. The zero-order valence-electron chi connectivity index (χ0n) is 16.7. The van der Waals surface area contributed by atoms with Gasteiger partial charge in [-0.05, 0) is 37.5 Å². The second kappa shape index (κ2) is 7.30. The second-order valence-corrected chi connectivity index (χ2v) is 7.78. The largest absolute Gasteiger partial charge is 0.343 e. The van der Waals surface area contributed by atoms with Crippen LogP contribution >= 0.6 is 0 Å². The number of nitrogens with one attached hydrogen (secondary N) is 2. The molecule has 2 heterocycles. The Bertz CT molecular complexity index is 1160. The molecule has 150 valence electrons. The van der Waals surface area contributed by atoms with E-state index in [1.165, 1.54) is 0 Å². The minimum Gasteiger partial charge on any atom is -0.343 e. The molecule has 2 N–H and O–H groups in total. The maximum atomic E-state index is 13.0. The van der Waals surface area contributed by atoms with Crippen molar-refractivity contribution in [3.8, 4) is 0 Å². The molecule has 1 amide bonds. The van der Waals surface area contributed by atoms with Crippen LogP contribution < -0.4 is 10.6 Å². The molecule has 0 bridgehead atoms. The molecule has 6 heteroatoms. The molecule has 0 spiro atoms. The number of carbonyl (C=O) groups excluding carboxylic acids is 2. The van der Waals surface area contributed by atoms with Gasteiger partial charge in [0.15, 0.2) is 5.78 Å². The van der Waals surface area contributed by atoms with E-state index in [1.54, 1.807) is 10.9 Å². The Labute approximate surface area is 174 Å². The van der Waals surface area contributed by atoms with Crippen molar-refractivity contribution < 1.29 is 9.59 Å². The van der Waals surface area contributed by atoms with E-state index < -0.39 is 0 Å². The molecule has 2 aromatic carbocycles. The fourth-order valence-corrected chi connectivity index (χ4v) is 4.20. The Hall–Kier alpha value is -3.67. The highest BCUT2D eigenvalue weighted by Crippen LogP contribution is 2.41. The van der Waals surface area contributed by atoms with Gasteiger partial charge in [0.05, 0.1) is 6.20 Å². The number of hydrogen-bond donors (Lipinski definition) is 2. The van der Waals surface area contributed by atoms with Crippen LogP contribution in [0.4, 0.5) is 11.5 Å². The maximum Gasteiger partial charge on any atom is 0.261 e. The van der Waals surface area contributed by atoms with Gasteiger partial charge in [-0.1, -0.05) is 48.0 Å². The van der Waals surface area contributed by atoms with Gasteiger partial charge in [-0.15, -0.1) is 0 Å². The zero-order valence-corrected chi connectivity index (χ0v) is 16.7. The molecule has 0 saturated carbocycles. The summed E-state index contributed by atoms with van der Waals surface area (Å²) in [5.41, 5.74) is 4.99. The predicted octanol–water partition coefficient (Wildman–Crippen LogP) is 4.47. The third-order valence-corrected chi connectivity index (χ3v) is 5.71. The van der Waals surface area contributed by atoms with Crippen molar-refractivity contribution in [1.29, 1.82) is 0 Å². The van der Waals surface area contributed by atoms with E-state index in [-0.39, 0.29) is 17.7 Å². The van der Waals surface area contributed by atoms with Gasteiger partial charge in [-0.25, -0.2) is 4.68 Å². The summed E-state index contributed by atoms with van der Waals surface area (Å²) >= 11 is 0. The summed E-state index contributed by atoms with van der Waals surface area (Å²) in [4.78, 5) is 25.8. The first kappa shape index (κ1) is 18.4. The monoisotopic (exact) mass is 398 g/mol. The number of ketones is 1. The Kier molecular flexibility index (Phi) is 4.47. The molecular weight excluding hydrogens is 376 g/mol. The molecule has 30 heavy (non-hydrogen) atoms. The molecule has 1 aliphatic carbocycles. The van der Waals surface area contributed by atoms with Crippen LogP contribution in [0.2, 0.25) is 0 Å². The van der Waals surface area contributed by atoms with Gasteiger partial charge < -0.3 is 10.6 Å². The van der Waals surface area contributed by atoms with Crippen LogP contribution in [-0.4, -0.2) is 21.5 Å². The normalized spacial score (nSPS) is 17.8. The predicted molar refractivity (Wildman–Crippen MR) is 115 cm³/mol. The average Bonchev–Trinajstić information content (AvgIpc) is 3.18. The molecule has 6 nitrogen and oxygen atoms in total. The maximum absolute atomic E-state index is 13.0. The summed E-state index contributed by atoms with van der Waals surface area (Å²) in [6, 6.07) is 17.2. The van der Waals surface area contributed by atoms with Crippen molar-refractivity contribution in [3.05, 3.63) is 88.8 Å². The number of aromatic nitrogens is 2. The standard InChI is InChI=1S/C24H22N4O2/c1-15-10-12-16(13-11-15)22-21-19(8-5-9-20(21)29)27-23-18(14-25-28(22)23)24(30)26-17-6-3-2-4-7-17/h2-4,6-7,10-14,22,27H,5,8-9H2,1H3,(H,26,30). The minimum atomic E-state index is -0.331. The van der Waals surface area contributed by atoms with Gasteiger partial charge in [0.25, 0.3) is 5.91 Å². The number of rotatable bonds is 3. The van der Waals surface area contributed by atoms with Crippen molar-refractivity contribution in [2.75, 3.05) is 10.6 Å². The topological polar surface area (TPSA) is 76.0 Å². The third kappa shape index (κ3) is 3.10. The number of hydrogen-bond acceptors (Lipinski definition) is 4. The Morgan fingerprint density at radius 1 is 1.10 bits per heavy atom. The van der Waals surface area contributed by atoms with Crippen LogP contribution in [0.1, 0.15) is 46.8 Å². The molecule has 1 aromatic heterocycles. The van der Waals surface area contributed by atoms with Crippen molar-refractivity contribution in [3.63, 3.8) is 0 Å². The molecule has 2 aliphatic rings. The Balaban J connectivity index is 1.58. The number of aryl methyl sites for hydroxylation is 1. The van der Waals surface area contributed by atoms with Crippen LogP contribution in [0.15, 0.2) is 72.1 Å². The summed E-state index contributed by atoms with van der Waals surface area (Å²) in [5.74, 6) is 0.539. The average molecular weight is 398 g/mol. The van der Waals surface area contributed by atoms with Gasteiger partial charge in [0.2, 0.25) is 0 Å². The van der Waals surface area contributed by atoms with Crippen LogP contribution in [0, 0.1) is 6.92 Å². The number of Topliss-reactive ketones (excluding diaryl/α,β-unsaturated/α-hetero) is 1. The highest BCUT2D eigenvalue weighted by atomic mass is 16.1. The van der Waals surface area contributed by atoms with E-state index in [1.807, 2.05) is 61.5 Å².